The van der Waals surface area contributed by atoms with Gasteiger partial charge in [0.05, 0.1) is 39.5 Å². The van der Waals surface area contributed by atoms with Gasteiger partial charge in [-0.05, 0) is 59.9 Å². The van der Waals surface area contributed by atoms with Crippen LogP contribution in [0.1, 0.15) is 33.9 Å². The van der Waals surface area contributed by atoms with Crippen molar-refractivity contribution in [2.45, 2.75) is 18.9 Å². The van der Waals surface area contributed by atoms with E-state index in [2.05, 4.69) is 5.32 Å². The third-order valence-corrected chi connectivity index (χ3v) is 6.60. The Balaban J connectivity index is 1.98. The van der Waals surface area contributed by atoms with E-state index < -0.39 is 17.8 Å². The van der Waals surface area contributed by atoms with Crippen molar-refractivity contribution >= 4 is 17.5 Å². The third kappa shape index (κ3) is 4.44. The molecule has 0 bridgehead atoms. The predicted octanol–water partition coefficient (Wildman–Crippen LogP) is 4.96. The minimum Gasteiger partial charge on any atom is -0.493 e. The number of ether oxygens (including phenoxy) is 4. The first kappa shape index (κ1) is 25.3. The van der Waals surface area contributed by atoms with E-state index in [1.165, 1.54) is 52.7 Å². The maximum atomic E-state index is 13.8. The van der Waals surface area contributed by atoms with Crippen molar-refractivity contribution in [2.24, 2.45) is 0 Å². The van der Waals surface area contributed by atoms with Crippen molar-refractivity contribution in [1.29, 1.82) is 0 Å². The summed E-state index contributed by atoms with van der Waals surface area (Å²) in [7, 11) is 5.87. The van der Waals surface area contributed by atoms with Crippen LogP contribution in [-0.2, 0) is 6.42 Å². The van der Waals surface area contributed by atoms with E-state index in [4.69, 9.17) is 30.5 Å². The van der Waals surface area contributed by atoms with Crippen LogP contribution in [0.4, 0.5) is 4.39 Å². The molecule has 3 aromatic carbocycles. The fourth-order valence-corrected chi connectivity index (χ4v) is 4.91. The SMILES string of the molecule is COc1c(Cl)c2c(c(OC)c1OC)-c1ccc(OC)c(=O)cc1[C@@H](NC(=O)c1cccc(F)c1)CC2. The number of fused-ring (bicyclic) bond motifs is 3. The van der Waals surface area contributed by atoms with E-state index in [-0.39, 0.29) is 16.7 Å². The minimum absolute atomic E-state index is 0.130. The Labute approximate surface area is 212 Å². The van der Waals surface area contributed by atoms with Gasteiger partial charge in [0, 0.05) is 11.1 Å². The Kier molecular flexibility index (Phi) is 7.35. The van der Waals surface area contributed by atoms with Gasteiger partial charge in [-0.25, -0.2) is 4.39 Å². The van der Waals surface area contributed by atoms with Gasteiger partial charge in [-0.15, -0.1) is 0 Å². The molecule has 1 aliphatic rings. The van der Waals surface area contributed by atoms with Crippen molar-refractivity contribution in [2.75, 3.05) is 28.4 Å². The number of nitrogens with one attached hydrogen (secondary N) is 1. The first-order chi connectivity index (χ1) is 17.3. The van der Waals surface area contributed by atoms with E-state index in [9.17, 15) is 14.0 Å². The summed E-state index contributed by atoms with van der Waals surface area (Å²) in [6.45, 7) is 0. The first-order valence-corrected chi connectivity index (χ1v) is 11.5. The molecule has 188 valence electrons. The summed E-state index contributed by atoms with van der Waals surface area (Å²) in [5.74, 6) is 0.134. The molecule has 36 heavy (non-hydrogen) atoms. The standard InChI is InChI=1S/C27H25ClFNO6/c1-33-21-11-9-16-18(13-20(21)31)19(30-27(32)14-6-5-7-15(29)12-14)10-8-17-22(16)24(34-2)26(36-4)25(35-3)23(17)28/h5-7,9,11-13,19H,8,10H2,1-4H3,(H,30,32)/t19-/m0/s1. The number of methoxy groups -OCH3 is 4. The molecule has 0 heterocycles. The number of amides is 1. The molecule has 1 amide bonds. The quantitative estimate of drug-likeness (QED) is 0.502. The number of carbonyl (C=O) groups is 1. The molecule has 1 aliphatic carbocycles. The number of hydrogen-bond acceptors (Lipinski definition) is 6. The van der Waals surface area contributed by atoms with Gasteiger partial charge in [-0.2, -0.15) is 0 Å². The van der Waals surface area contributed by atoms with Crippen molar-refractivity contribution in [3.8, 4) is 34.1 Å². The molecule has 4 rings (SSSR count). The minimum atomic E-state index is -0.606. The lowest BCUT2D eigenvalue weighted by atomic mass is 9.95. The Morgan fingerprint density at radius 3 is 2.33 bits per heavy atom. The molecule has 9 heteroatoms. The zero-order valence-corrected chi connectivity index (χ0v) is 21.0. The molecule has 7 nitrogen and oxygen atoms in total. The maximum Gasteiger partial charge on any atom is 0.251 e. The van der Waals surface area contributed by atoms with Crippen molar-refractivity contribution in [3.05, 3.63) is 80.2 Å². The van der Waals surface area contributed by atoms with Gasteiger partial charge in [-0.1, -0.05) is 23.7 Å². The molecule has 0 fully saturated rings. The summed E-state index contributed by atoms with van der Waals surface area (Å²) in [5.41, 5.74) is 2.28. The summed E-state index contributed by atoms with van der Waals surface area (Å²) in [6, 6.07) is 9.52. The predicted molar refractivity (Wildman–Crippen MR) is 134 cm³/mol. The van der Waals surface area contributed by atoms with Crippen molar-refractivity contribution in [1.82, 2.24) is 5.32 Å². The van der Waals surface area contributed by atoms with Crippen LogP contribution in [0.3, 0.4) is 0 Å². The highest BCUT2D eigenvalue weighted by Gasteiger charge is 2.32. The molecule has 0 saturated heterocycles. The zero-order valence-electron chi connectivity index (χ0n) is 20.2. The number of hydrogen-bond donors (Lipinski definition) is 1. The van der Waals surface area contributed by atoms with Crippen LogP contribution in [0.5, 0.6) is 23.0 Å². The number of rotatable bonds is 6. The monoisotopic (exact) mass is 513 g/mol. The summed E-state index contributed by atoms with van der Waals surface area (Å²) in [5, 5.41) is 3.30. The Hall–Kier alpha value is -3.78. The smallest absolute Gasteiger partial charge is 0.251 e. The third-order valence-electron chi connectivity index (χ3n) is 6.20. The molecule has 0 unspecified atom stereocenters. The van der Waals surface area contributed by atoms with Gasteiger partial charge in [0.25, 0.3) is 5.91 Å². The highest BCUT2D eigenvalue weighted by Crippen LogP contribution is 2.54. The molecule has 0 aliphatic heterocycles. The number of carbonyl (C=O) groups excluding carboxylic acids is 1. The molecular weight excluding hydrogens is 489 g/mol. The summed E-state index contributed by atoms with van der Waals surface area (Å²) >= 11 is 6.79. The van der Waals surface area contributed by atoms with Gasteiger partial charge in [0.2, 0.25) is 11.2 Å². The molecule has 0 spiro atoms. The van der Waals surface area contributed by atoms with E-state index in [1.807, 2.05) is 0 Å². The van der Waals surface area contributed by atoms with Gasteiger partial charge in [0.15, 0.2) is 17.2 Å². The van der Waals surface area contributed by atoms with Crippen LogP contribution < -0.4 is 29.7 Å². The van der Waals surface area contributed by atoms with Crippen LogP contribution in [-0.4, -0.2) is 34.3 Å². The lowest BCUT2D eigenvalue weighted by molar-refractivity contribution is 0.0934. The Morgan fingerprint density at radius 2 is 1.69 bits per heavy atom. The van der Waals surface area contributed by atoms with E-state index in [0.717, 1.165) is 6.07 Å². The van der Waals surface area contributed by atoms with Crippen LogP contribution in [0.25, 0.3) is 11.1 Å². The summed E-state index contributed by atoms with van der Waals surface area (Å²) < 4.78 is 35.9. The number of halogens is 2. The highest BCUT2D eigenvalue weighted by atomic mass is 35.5. The number of benzene rings is 2. The highest BCUT2D eigenvalue weighted by molar-refractivity contribution is 6.34. The van der Waals surface area contributed by atoms with E-state index >= 15 is 0 Å². The zero-order chi connectivity index (χ0) is 26.0. The molecule has 0 saturated carbocycles. The van der Waals surface area contributed by atoms with Crippen molar-refractivity contribution in [3.63, 3.8) is 0 Å². The second kappa shape index (κ2) is 10.5. The lowest BCUT2D eigenvalue weighted by Crippen LogP contribution is -2.29. The van der Waals surface area contributed by atoms with E-state index in [0.29, 0.717) is 57.4 Å². The molecule has 3 aromatic rings. The largest absolute Gasteiger partial charge is 0.493 e. The Bertz CT molecular complexity index is 1390. The normalized spacial score (nSPS) is 14.1. The van der Waals surface area contributed by atoms with E-state index in [1.54, 1.807) is 12.1 Å². The van der Waals surface area contributed by atoms with Gasteiger partial charge in [-0.3, -0.25) is 9.59 Å². The van der Waals surface area contributed by atoms with Crippen LogP contribution >= 0.6 is 11.6 Å². The molecule has 1 N–H and O–H groups in total. The summed E-state index contributed by atoms with van der Waals surface area (Å²) in [6.07, 6.45) is 0.813. The van der Waals surface area contributed by atoms with Crippen LogP contribution in [0, 0.1) is 5.82 Å². The Morgan fingerprint density at radius 1 is 0.972 bits per heavy atom. The second-order valence-corrected chi connectivity index (χ2v) is 8.50. The topological polar surface area (TPSA) is 83.1 Å². The average molecular weight is 514 g/mol. The van der Waals surface area contributed by atoms with Crippen LogP contribution in [0.15, 0.2) is 47.3 Å². The molecule has 1 atom stereocenters. The van der Waals surface area contributed by atoms with Gasteiger partial charge in [0.1, 0.15) is 5.82 Å². The fraction of sp³-hybridized carbons (Fsp3) is 0.259. The molecule has 0 radical (unpaired) electrons. The average Bonchev–Trinajstić information content (AvgIpc) is 3.12. The van der Waals surface area contributed by atoms with Crippen LogP contribution in [0.2, 0.25) is 5.02 Å². The lowest BCUT2D eigenvalue weighted by Gasteiger charge is -2.21. The molecule has 0 aromatic heterocycles. The van der Waals surface area contributed by atoms with Gasteiger partial charge >= 0.3 is 0 Å². The summed E-state index contributed by atoms with van der Waals surface area (Å²) in [4.78, 5) is 26.0. The van der Waals surface area contributed by atoms with Crippen molar-refractivity contribution < 1.29 is 28.1 Å². The second-order valence-electron chi connectivity index (χ2n) is 8.12. The van der Waals surface area contributed by atoms with Gasteiger partial charge < -0.3 is 24.3 Å². The first-order valence-electron chi connectivity index (χ1n) is 11.1. The molecular formula is C27H25ClFNO6. The maximum absolute atomic E-state index is 13.8. The fourth-order valence-electron chi connectivity index (χ4n) is 4.56.